The molecule has 1 aliphatic rings. The van der Waals surface area contributed by atoms with E-state index in [2.05, 4.69) is 12.2 Å². The highest BCUT2D eigenvalue weighted by Gasteiger charge is 2.33. The van der Waals surface area contributed by atoms with Crippen molar-refractivity contribution < 1.29 is 9.90 Å². The number of rotatable bonds is 5. The minimum Gasteiger partial charge on any atom is -0.388 e. The van der Waals surface area contributed by atoms with Crippen molar-refractivity contribution in [2.75, 3.05) is 6.54 Å². The van der Waals surface area contributed by atoms with E-state index < -0.39 is 11.6 Å². The van der Waals surface area contributed by atoms with Gasteiger partial charge in [0.15, 0.2) is 0 Å². The second kappa shape index (κ2) is 6.53. The molecule has 4 N–H and O–H groups in total. The number of amides is 1. The third-order valence-electron chi connectivity index (χ3n) is 3.72. The second-order valence-corrected chi connectivity index (χ2v) is 6.38. The van der Waals surface area contributed by atoms with Crippen molar-refractivity contribution in [3.05, 3.63) is 0 Å². The smallest absolute Gasteiger partial charge is 0.237 e. The summed E-state index contributed by atoms with van der Waals surface area (Å²) in [6.07, 6.45) is 4.43. The van der Waals surface area contributed by atoms with E-state index in [9.17, 15) is 9.90 Å². The Balaban J connectivity index is 2.37. The number of nitrogens with one attached hydrogen (secondary N) is 1. The zero-order valence-electron chi connectivity index (χ0n) is 11.9. The molecule has 0 saturated heterocycles. The van der Waals surface area contributed by atoms with Gasteiger partial charge in [-0.1, -0.05) is 33.6 Å². The molecular formula is C14H28N2O2. The first kappa shape index (κ1) is 15.4. The van der Waals surface area contributed by atoms with Crippen LogP contribution in [0.3, 0.4) is 0 Å². The molecule has 0 radical (unpaired) electrons. The highest BCUT2D eigenvalue weighted by molar-refractivity contribution is 5.81. The lowest BCUT2D eigenvalue weighted by Crippen LogP contribution is -2.50. The maximum atomic E-state index is 11.8. The fourth-order valence-corrected chi connectivity index (χ4v) is 2.79. The number of hydrogen-bond donors (Lipinski definition) is 3. The van der Waals surface area contributed by atoms with Gasteiger partial charge >= 0.3 is 0 Å². The predicted molar refractivity (Wildman–Crippen MR) is 73.0 cm³/mol. The molecule has 3 atom stereocenters. The normalized spacial score (nSPS) is 30.2. The predicted octanol–water partition coefficient (Wildman–Crippen LogP) is 1.42. The molecule has 1 amide bonds. The van der Waals surface area contributed by atoms with Crippen molar-refractivity contribution in [3.8, 4) is 0 Å². The van der Waals surface area contributed by atoms with E-state index >= 15 is 0 Å². The minimum atomic E-state index is -0.731. The molecule has 1 aliphatic carbocycles. The summed E-state index contributed by atoms with van der Waals surface area (Å²) in [6, 6.07) is -0.463. The number of hydrogen-bond acceptors (Lipinski definition) is 3. The quantitative estimate of drug-likeness (QED) is 0.696. The van der Waals surface area contributed by atoms with Gasteiger partial charge < -0.3 is 16.2 Å². The van der Waals surface area contributed by atoms with E-state index in [0.717, 1.165) is 19.3 Å². The number of aliphatic hydroxyl groups is 1. The van der Waals surface area contributed by atoms with E-state index in [1.165, 1.54) is 6.42 Å². The Kier molecular flexibility index (Phi) is 5.60. The number of nitrogens with two attached hydrogens (primary N) is 1. The molecular weight excluding hydrogens is 228 g/mol. The lowest BCUT2D eigenvalue weighted by molar-refractivity contribution is -0.124. The Bertz CT molecular complexity index is 281. The van der Waals surface area contributed by atoms with Crippen molar-refractivity contribution in [2.24, 2.45) is 17.6 Å². The van der Waals surface area contributed by atoms with Gasteiger partial charge in [0, 0.05) is 6.54 Å². The van der Waals surface area contributed by atoms with Crippen LogP contribution in [0.2, 0.25) is 0 Å². The molecule has 0 aromatic carbocycles. The first-order valence-electron chi connectivity index (χ1n) is 7.08. The summed E-state index contributed by atoms with van der Waals surface area (Å²) in [6.45, 7) is 6.57. The monoisotopic (exact) mass is 256 g/mol. The fourth-order valence-electron chi connectivity index (χ4n) is 2.79. The summed E-state index contributed by atoms with van der Waals surface area (Å²) in [5, 5.41) is 13.2. The summed E-state index contributed by atoms with van der Waals surface area (Å²) in [5.74, 6) is 0.795. The second-order valence-electron chi connectivity index (χ2n) is 6.38. The first-order valence-corrected chi connectivity index (χ1v) is 7.08. The van der Waals surface area contributed by atoms with Gasteiger partial charge in [-0.3, -0.25) is 4.79 Å². The van der Waals surface area contributed by atoms with Gasteiger partial charge in [0.1, 0.15) is 0 Å². The third-order valence-corrected chi connectivity index (χ3v) is 3.72. The SMILES string of the molecule is CC(C)C[C@@H](N)C(=O)NCC1(O)CCCC(C)C1. The third kappa shape index (κ3) is 4.94. The van der Waals surface area contributed by atoms with E-state index in [1.807, 2.05) is 13.8 Å². The lowest BCUT2D eigenvalue weighted by atomic mass is 9.79. The Morgan fingerprint density at radius 1 is 1.56 bits per heavy atom. The van der Waals surface area contributed by atoms with Crippen LogP contribution in [-0.2, 0) is 4.79 Å². The Morgan fingerprint density at radius 3 is 2.78 bits per heavy atom. The van der Waals surface area contributed by atoms with E-state index in [1.54, 1.807) is 0 Å². The van der Waals surface area contributed by atoms with E-state index in [0.29, 0.717) is 24.8 Å². The number of carbonyl (C=O) groups excluding carboxylic acids is 1. The molecule has 18 heavy (non-hydrogen) atoms. The van der Waals surface area contributed by atoms with Crippen LogP contribution in [0.25, 0.3) is 0 Å². The molecule has 1 fully saturated rings. The molecule has 0 aromatic heterocycles. The largest absolute Gasteiger partial charge is 0.388 e. The average molecular weight is 256 g/mol. The van der Waals surface area contributed by atoms with Crippen LogP contribution in [-0.4, -0.2) is 29.2 Å². The summed E-state index contributed by atoms with van der Waals surface area (Å²) < 4.78 is 0. The zero-order chi connectivity index (χ0) is 13.8. The molecule has 106 valence electrons. The van der Waals surface area contributed by atoms with Crippen molar-refractivity contribution in [2.45, 2.75) is 64.5 Å². The molecule has 0 aliphatic heterocycles. The zero-order valence-corrected chi connectivity index (χ0v) is 11.9. The molecule has 0 aromatic rings. The highest BCUT2D eigenvalue weighted by atomic mass is 16.3. The van der Waals surface area contributed by atoms with E-state index in [4.69, 9.17) is 5.73 Å². The van der Waals surface area contributed by atoms with Crippen molar-refractivity contribution in [3.63, 3.8) is 0 Å². The van der Waals surface area contributed by atoms with Gasteiger partial charge in [0.05, 0.1) is 11.6 Å². The fraction of sp³-hybridized carbons (Fsp3) is 0.929. The van der Waals surface area contributed by atoms with Crippen molar-refractivity contribution in [1.82, 2.24) is 5.32 Å². The van der Waals surface area contributed by atoms with Gasteiger partial charge in [-0.25, -0.2) is 0 Å². The van der Waals surface area contributed by atoms with Crippen molar-refractivity contribution >= 4 is 5.91 Å². The molecule has 1 rings (SSSR count). The van der Waals surface area contributed by atoms with Gasteiger partial charge in [-0.05, 0) is 31.1 Å². The van der Waals surface area contributed by atoms with Gasteiger partial charge in [0.2, 0.25) is 5.91 Å². The Hall–Kier alpha value is -0.610. The molecule has 4 nitrogen and oxygen atoms in total. The maximum absolute atomic E-state index is 11.8. The van der Waals surface area contributed by atoms with Crippen LogP contribution in [0.1, 0.15) is 52.9 Å². The topological polar surface area (TPSA) is 75.4 Å². The molecule has 4 heteroatoms. The standard InChI is InChI=1S/C14H28N2O2/c1-10(2)7-12(15)13(17)16-9-14(18)6-4-5-11(3)8-14/h10-12,18H,4-9,15H2,1-3H3,(H,16,17)/t11?,12-,14?/m1/s1. The van der Waals surface area contributed by atoms with Crippen LogP contribution in [0.15, 0.2) is 0 Å². The molecule has 1 saturated carbocycles. The van der Waals surface area contributed by atoms with Gasteiger partial charge in [-0.15, -0.1) is 0 Å². The van der Waals surface area contributed by atoms with E-state index in [-0.39, 0.29) is 5.91 Å². The van der Waals surface area contributed by atoms with Crippen molar-refractivity contribution in [1.29, 1.82) is 0 Å². The molecule has 2 unspecified atom stereocenters. The average Bonchev–Trinajstić information content (AvgIpc) is 2.24. The van der Waals surface area contributed by atoms with Crippen LogP contribution >= 0.6 is 0 Å². The van der Waals surface area contributed by atoms with Gasteiger partial charge in [0.25, 0.3) is 0 Å². The Morgan fingerprint density at radius 2 is 2.22 bits per heavy atom. The van der Waals surface area contributed by atoms with Crippen LogP contribution in [0.5, 0.6) is 0 Å². The minimum absolute atomic E-state index is 0.143. The molecule has 0 heterocycles. The maximum Gasteiger partial charge on any atom is 0.237 e. The van der Waals surface area contributed by atoms with Crippen LogP contribution in [0.4, 0.5) is 0 Å². The molecule has 0 bridgehead atoms. The molecule has 0 spiro atoms. The summed E-state index contributed by atoms with van der Waals surface area (Å²) in [4.78, 5) is 11.8. The first-order chi connectivity index (χ1) is 8.32. The van der Waals surface area contributed by atoms with Crippen LogP contribution in [0, 0.1) is 11.8 Å². The lowest BCUT2D eigenvalue weighted by Gasteiger charge is -2.35. The van der Waals surface area contributed by atoms with Crippen LogP contribution < -0.4 is 11.1 Å². The number of carbonyl (C=O) groups is 1. The summed E-state index contributed by atoms with van der Waals surface area (Å²) >= 11 is 0. The summed E-state index contributed by atoms with van der Waals surface area (Å²) in [7, 11) is 0. The summed E-state index contributed by atoms with van der Waals surface area (Å²) in [5.41, 5.74) is 5.08. The van der Waals surface area contributed by atoms with Gasteiger partial charge in [-0.2, -0.15) is 0 Å². The Labute approximate surface area is 110 Å². The highest BCUT2D eigenvalue weighted by Crippen LogP contribution is 2.31.